The van der Waals surface area contributed by atoms with Gasteiger partial charge in [0.1, 0.15) is 0 Å². The lowest BCUT2D eigenvalue weighted by molar-refractivity contribution is -0.117. The Hall–Kier alpha value is -3.46. The third-order valence-electron chi connectivity index (χ3n) is 4.17. The molecular weight excluding hydrogens is 388 g/mol. The molecule has 0 saturated heterocycles. The molecule has 0 aliphatic heterocycles. The molecule has 2 amide bonds. The predicted octanol–water partition coefficient (Wildman–Crippen LogP) is 2.80. The lowest BCUT2D eigenvalue weighted by Gasteiger charge is -2.12. The van der Waals surface area contributed by atoms with Crippen LogP contribution in [0, 0.1) is 0 Å². The first-order chi connectivity index (χ1) is 14.0. The number of primary amides is 1. The van der Waals surface area contributed by atoms with Gasteiger partial charge in [-0.2, -0.15) is 0 Å². The van der Waals surface area contributed by atoms with Crippen molar-refractivity contribution < 1.29 is 9.59 Å². The number of thiazole rings is 1. The number of hydrogen-bond acceptors (Lipinski definition) is 7. The molecule has 3 heterocycles. The number of nitrogens with zero attached hydrogens (tertiary/aromatic N) is 4. The minimum Gasteiger partial charge on any atom is -0.366 e. The van der Waals surface area contributed by atoms with Crippen molar-refractivity contribution in [1.82, 2.24) is 19.9 Å². The van der Waals surface area contributed by atoms with Gasteiger partial charge in [0.05, 0.1) is 29.7 Å². The Morgan fingerprint density at radius 2 is 2.00 bits per heavy atom. The summed E-state index contributed by atoms with van der Waals surface area (Å²) in [6, 6.07) is 1.86. The lowest BCUT2D eigenvalue weighted by Crippen LogP contribution is -2.18. The molecule has 9 heteroatoms. The van der Waals surface area contributed by atoms with Crippen LogP contribution in [-0.2, 0) is 16.0 Å². The fraction of sp³-hybridized carbons (Fsp3) is 0.200. The molecule has 0 saturated carbocycles. The molecule has 0 radical (unpaired) electrons. The number of aryl methyl sites for hydroxylation is 1. The summed E-state index contributed by atoms with van der Waals surface area (Å²) in [5, 5.41) is 3.44. The van der Waals surface area contributed by atoms with E-state index in [9.17, 15) is 9.59 Å². The number of anilines is 1. The van der Waals surface area contributed by atoms with Crippen LogP contribution in [0.4, 0.5) is 5.13 Å². The number of nitrogens with two attached hydrogens (primary N) is 1. The second-order valence-electron chi connectivity index (χ2n) is 6.27. The van der Waals surface area contributed by atoms with Crippen LogP contribution in [0.5, 0.6) is 0 Å². The first kappa shape index (κ1) is 20.3. The highest BCUT2D eigenvalue weighted by molar-refractivity contribution is 7.15. The van der Waals surface area contributed by atoms with Crippen molar-refractivity contribution in [1.29, 1.82) is 0 Å². The van der Waals surface area contributed by atoms with Gasteiger partial charge < -0.3 is 11.1 Å². The molecule has 0 fully saturated rings. The van der Waals surface area contributed by atoms with Crippen LogP contribution >= 0.6 is 11.3 Å². The van der Waals surface area contributed by atoms with Crippen LogP contribution in [-0.4, -0.2) is 31.8 Å². The topological polar surface area (TPSA) is 124 Å². The highest BCUT2D eigenvalue weighted by Crippen LogP contribution is 2.24. The maximum atomic E-state index is 12.6. The molecule has 3 aromatic heterocycles. The van der Waals surface area contributed by atoms with E-state index in [0.717, 1.165) is 22.4 Å². The lowest BCUT2D eigenvalue weighted by atomic mass is 10.00. The van der Waals surface area contributed by atoms with Gasteiger partial charge in [0.15, 0.2) is 5.13 Å². The van der Waals surface area contributed by atoms with Gasteiger partial charge >= 0.3 is 0 Å². The molecular formula is C20H20N6O2S. The van der Waals surface area contributed by atoms with Crippen molar-refractivity contribution in [3.63, 3.8) is 0 Å². The molecule has 148 valence electrons. The van der Waals surface area contributed by atoms with E-state index >= 15 is 0 Å². The summed E-state index contributed by atoms with van der Waals surface area (Å²) in [6.45, 7) is 3.86. The Labute approximate surface area is 172 Å². The van der Waals surface area contributed by atoms with E-state index in [1.807, 2.05) is 19.9 Å². The Morgan fingerprint density at radius 3 is 2.66 bits per heavy atom. The number of nitrogens with one attached hydrogen (secondary N) is 1. The van der Waals surface area contributed by atoms with Crippen LogP contribution in [0.15, 0.2) is 43.1 Å². The van der Waals surface area contributed by atoms with E-state index in [2.05, 4.69) is 25.3 Å². The molecule has 0 spiro atoms. The Balaban J connectivity index is 1.74. The van der Waals surface area contributed by atoms with Gasteiger partial charge in [-0.05, 0) is 31.1 Å². The Kier molecular flexibility index (Phi) is 6.40. The average molecular weight is 408 g/mol. The zero-order valence-corrected chi connectivity index (χ0v) is 16.8. The minimum atomic E-state index is -0.552. The van der Waals surface area contributed by atoms with Gasteiger partial charge in [-0.1, -0.05) is 6.92 Å². The molecule has 1 unspecified atom stereocenters. The number of hydrogen-bond donors (Lipinski definition) is 2. The summed E-state index contributed by atoms with van der Waals surface area (Å²) in [6.07, 6.45) is 11.8. The fourth-order valence-electron chi connectivity index (χ4n) is 2.47. The van der Waals surface area contributed by atoms with Crippen molar-refractivity contribution in [3.05, 3.63) is 59.3 Å². The monoisotopic (exact) mass is 408 g/mol. The molecule has 0 bridgehead atoms. The number of carbonyl (C=O) groups is 2. The molecule has 1 atom stereocenters. The maximum Gasteiger partial charge on any atom is 0.241 e. The first-order valence-electron chi connectivity index (χ1n) is 8.96. The van der Waals surface area contributed by atoms with Gasteiger partial charge in [0.25, 0.3) is 0 Å². The van der Waals surface area contributed by atoms with Gasteiger partial charge in [0.2, 0.25) is 11.8 Å². The van der Waals surface area contributed by atoms with Crippen molar-refractivity contribution in [2.24, 2.45) is 5.73 Å². The standard InChI is InChI=1S/C20H20N6O2S/c1-3-16-10-25-20(29-16)26-19(28)12(2)13-6-14(8-22-7-13)17-11-23-15(9-24-17)4-5-18(21)27/h4-12H,3H2,1-2H3,(H2,21,27)(H,25,26,28). The largest absolute Gasteiger partial charge is 0.366 e. The van der Waals surface area contributed by atoms with Crippen molar-refractivity contribution in [2.75, 3.05) is 5.32 Å². The molecule has 3 rings (SSSR count). The highest BCUT2D eigenvalue weighted by Gasteiger charge is 2.18. The molecule has 8 nitrogen and oxygen atoms in total. The number of amides is 2. The van der Waals surface area contributed by atoms with E-state index in [-0.39, 0.29) is 5.91 Å². The number of rotatable bonds is 7. The minimum absolute atomic E-state index is 0.154. The fourth-order valence-corrected chi connectivity index (χ4v) is 3.22. The quantitative estimate of drug-likeness (QED) is 0.579. The van der Waals surface area contributed by atoms with E-state index in [0.29, 0.717) is 16.5 Å². The summed E-state index contributed by atoms with van der Waals surface area (Å²) in [5.41, 5.74) is 7.68. The second kappa shape index (κ2) is 9.16. The van der Waals surface area contributed by atoms with Crippen LogP contribution in [0.1, 0.15) is 35.9 Å². The highest BCUT2D eigenvalue weighted by atomic mass is 32.1. The zero-order valence-electron chi connectivity index (χ0n) is 16.0. The summed E-state index contributed by atoms with van der Waals surface area (Å²) >= 11 is 1.47. The van der Waals surface area contributed by atoms with Crippen LogP contribution in [0.3, 0.4) is 0 Å². The van der Waals surface area contributed by atoms with Crippen LogP contribution in [0.2, 0.25) is 0 Å². The van der Waals surface area contributed by atoms with Gasteiger partial charge in [-0.3, -0.25) is 24.5 Å². The summed E-state index contributed by atoms with van der Waals surface area (Å²) in [4.78, 5) is 41.5. The average Bonchev–Trinajstić information content (AvgIpc) is 3.19. The SMILES string of the molecule is CCc1cnc(NC(=O)C(C)c2cncc(-c3cnc(C=CC(N)=O)cn3)c2)s1. The van der Waals surface area contributed by atoms with Crippen LogP contribution < -0.4 is 11.1 Å². The molecule has 3 N–H and O–H groups in total. The molecule has 0 aromatic carbocycles. The summed E-state index contributed by atoms with van der Waals surface area (Å²) in [5.74, 6) is -1.12. The number of carbonyl (C=O) groups excluding carboxylic acids is 2. The zero-order chi connectivity index (χ0) is 20.8. The maximum absolute atomic E-state index is 12.6. The first-order valence-corrected chi connectivity index (χ1v) is 9.78. The van der Waals surface area contributed by atoms with E-state index in [1.54, 1.807) is 24.8 Å². The predicted molar refractivity (Wildman–Crippen MR) is 112 cm³/mol. The van der Waals surface area contributed by atoms with Crippen molar-refractivity contribution in [2.45, 2.75) is 26.2 Å². The molecule has 29 heavy (non-hydrogen) atoms. The number of pyridine rings is 1. The molecule has 0 aliphatic rings. The second-order valence-corrected chi connectivity index (χ2v) is 7.38. The molecule has 0 aliphatic carbocycles. The van der Waals surface area contributed by atoms with Crippen molar-refractivity contribution >= 4 is 34.4 Å². The smallest absolute Gasteiger partial charge is 0.241 e. The third kappa shape index (κ3) is 5.29. The number of aromatic nitrogens is 4. The van der Waals surface area contributed by atoms with Crippen LogP contribution in [0.25, 0.3) is 17.3 Å². The summed E-state index contributed by atoms with van der Waals surface area (Å²) < 4.78 is 0. The van der Waals surface area contributed by atoms with E-state index < -0.39 is 11.8 Å². The van der Waals surface area contributed by atoms with Gasteiger partial charge in [0, 0.05) is 35.1 Å². The summed E-state index contributed by atoms with van der Waals surface area (Å²) in [7, 11) is 0. The van der Waals surface area contributed by atoms with Crippen molar-refractivity contribution in [3.8, 4) is 11.3 Å². The van der Waals surface area contributed by atoms with E-state index in [4.69, 9.17) is 5.73 Å². The Bertz CT molecular complexity index is 1050. The van der Waals surface area contributed by atoms with E-state index in [1.165, 1.54) is 29.7 Å². The van der Waals surface area contributed by atoms with Gasteiger partial charge in [-0.15, -0.1) is 11.3 Å². The molecule has 3 aromatic rings. The van der Waals surface area contributed by atoms with Gasteiger partial charge in [-0.25, -0.2) is 4.98 Å². The third-order valence-corrected chi connectivity index (χ3v) is 5.23. The normalized spacial score (nSPS) is 12.1. The Morgan fingerprint density at radius 1 is 1.17 bits per heavy atom.